The molecule has 4 bridgehead atoms. The Morgan fingerprint density at radius 3 is 2.43 bits per heavy atom. The summed E-state index contributed by atoms with van der Waals surface area (Å²) < 4.78 is 1.22. The number of aromatic hydroxyl groups is 2. The lowest BCUT2D eigenvalue weighted by Crippen LogP contribution is -2.68. The minimum atomic E-state index is -0.139. The molecule has 3 aliphatic heterocycles. The van der Waals surface area contributed by atoms with Crippen molar-refractivity contribution in [3.63, 3.8) is 0 Å². The van der Waals surface area contributed by atoms with E-state index >= 15 is 0 Å². The van der Waals surface area contributed by atoms with Crippen LogP contribution in [0.5, 0.6) is 11.8 Å². The van der Waals surface area contributed by atoms with Gasteiger partial charge in [0.25, 0.3) is 0 Å². The van der Waals surface area contributed by atoms with E-state index in [1.165, 1.54) is 36.2 Å². The molecule has 3 N–H and O–H groups in total. The van der Waals surface area contributed by atoms with E-state index in [0.29, 0.717) is 11.8 Å². The summed E-state index contributed by atoms with van der Waals surface area (Å²) in [7, 11) is 0. The molecule has 0 aromatic carbocycles. The van der Waals surface area contributed by atoms with Gasteiger partial charge in [0, 0.05) is 31.8 Å². The van der Waals surface area contributed by atoms with E-state index in [0.717, 1.165) is 19.4 Å². The van der Waals surface area contributed by atoms with Gasteiger partial charge in [-0.15, -0.1) is 0 Å². The zero-order valence-electron chi connectivity index (χ0n) is 12.0. The predicted octanol–water partition coefficient (Wildman–Crippen LogP) is 0.500. The van der Waals surface area contributed by atoms with Crippen LogP contribution in [-0.2, 0) is 11.3 Å². The standard InChI is InChI=1S/C15H21N3O3/c19-12(8-18-13(20)1-2-14(18)21)16-15-4-10-3-11(5-15)7-17(6-10)9-15/h1-2,10-11,20-21H,3-9H2,(H,16,19). The molecule has 1 saturated carbocycles. The van der Waals surface area contributed by atoms with Gasteiger partial charge in [-0.05, 0) is 31.1 Å². The molecular formula is C15H21N3O3. The van der Waals surface area contributed by atoms with E-state index < -0.39 is 0 Å². The fourth-order valence-corrected chi connectivity index (χ4v) is 4.82. The van der Waals surface area contributed by atoms with E-state index in [4.69, 9.17) is 0 Å². The van der Waals surface area contributed by atoms with Crippen LogP contribution in [0, 0.1) is 11.8 Å². The van der Waals surface area contributed by atoms with Crippen molar-refractivity contribution in [1.29, 1.82) is 0 Å². The number of amides is 1. The molecule has 1 aliphatic carbocycles. The van der Waals surface area contributed by atoms with Crippen LogP contribution in [0.3, 0.4) is 0 Å². The molecule has 21 heavy (non-hydrogen) atoms. The first kappa shape index (κ1) is 13.0. The fourth-order valence-electron chi connectivity index (χ4n) is 4.82. The van der Waals surface area contributed by atoms with E-state index in [1.54, 1.807) is 0 Å². The van der Waals surface area contributed by atoms with Crippen LogP contribution < -0.4 is 5.32 Å². The summed E-state index contributed by atoms with van der Waals surface area (Å²) in [5.74, 6) is 1.11. The molecule has 0 spiro atoms. The Kier molecular flexibility index (Phi) is 2.73. The molecule has 2 unspecified atom stereocenters. The number of aromatic nitrogens is 1. The van der Waals surface area contributed by atoms with Crippen LogP contribution in [-0.4, -0.2) is 50.8 Å². The highest BCUT2D eigenvalue weighted by Gasteiger charge is 2.50. The van der Waals surface area contributed by atoms with Crippen molar-refractivity contribution in [3.8, 4) is 11.8 Å². The second-order valence-electron chi connectivity index (χ2n) is 7.03. The molecule has 1 amide bonds. The smallest absolute Gasteiger partial charge is 0.240 e. The van der Waals surface area contributed by atoms with Gasteiger partial charge in [0.15, 0.2) is 11.8 Å². The number of nitrogens with one attached hydrogen (secondary N) is 1. The minimum Gasteiger partial charge on any atom is -0.494 e. The first-order valence-electron chi connectivity index (χ1n) is 7.64. The van der Waals surface area contributed by atoms with E-state index in [-0.39, 0.29) is 29.8 Å². The highest BCUT2D eigenvalue weighted by molar-refractivity contribution is 5.77. The second kappa shape index (κ2) is 4.40. The highest BCUT2D eigenvalue weighted by Crippen LogP contribution is 2.45. The van der Waals surface area contributed by atoms with Crippen LogP contribution in [0.1, 0.15) is 19.3 Å². The van der Waals surface area contributed by atoms with Crippen LogP contribution in [0.4, 0.5) is 0 Å². The number of piperidine rings is 3. The lowest BCUT2D eigenvalue weighted by atomic mass is 9.64. The average Bonchev–Trinajstić information content (AvgIpc) is 2.68. The molecule has 4 heterocycles. The van der Waals surface area contributed by atoms with Crippen LogP contribution in [0.25, 0.3) is 0 Å². The second-order valence-corrected chi connectivity index (χ2v) is 7.03. The quantitative estimate of drug-likeness (QED) is 0.758. The molecule has 1 aromatic heterocycles. The zero-order valence-corrected chi connectivity index (χ0v) is 12.0. The molecule has 4 aliphatic rings. The Bertz CT molecular complexity index is 526. The Morgan fingerprint density at radius 1 is 1.24 bits per heavy atom. The van der Waals surface area contributed by atoms with Crippen LogP contribution in [0.2, 0.25) is 0 Å². The highest BCUT2D eigenvalue weighted by atomic mass is 16.3. The largest absolute Gasteiger partial charge is 0.494 e. The first-order chi connectivity index (χ1) is 10.0. The summed E-state index contributed by atoms with van der Waals surface area (Å²) in [4.78, 5) is 14.8. The minimum absolute atomic E-state index is 0.0399. The van der Waals surface area contributed by atoms with E-state index in [9.17, 15) is 15.0 Å². The molecule has 6 heteroatoms. The van der Waals surface area contributed by atoms with Gasteiger partial charge in [0.2, 0.25) is 5.91 Å². The maximum atomic E-state index is 12.3. The Hall–Kier alpha value is -1.69. The molecule has 6 nitrogen and oxygen atoms in total. The van der Waals surface area contributed by atoms with Crippen molar-refractivity contribution in [1.82, 2.24) is 14.8 Å². The Balaban J connectivity index is 1.47. The van der Waals surface area contributed by atoms with Crippen molar-refractivity contribution >= 4 is 5.91 Å². The van der Waals surface area contributed by atoms with Crippen molar-refractivity contribution in [3.05, 3.63) is 12.1 Å². The molecule has 2 atom stereocenters. The van der Waals surface area contributed by atoms with Crippen LogP contribution >= 0.6 is 0 Å². The maximum Gasteiger partial charge on any atom is 0.240 e. The molecule has 5 rings (SSSR count). The van der Waals surface area contributed by atoms with Crippen molar-refractivity contribution < 1.29 is 15.0 Å². The van der Waals surface area contributed by atoms with Gasteiger partial charge in [0.05, 0.1) is 5.54 Å². The Morgan fingerprint density at radius 2 is 1.86 bits per heavy atom. The SMILES string of the molecule is O=C(Cn1c(O)ccc1O)NC12CC3CC(CN(C3)C1)C2. The summed E-state index contributed by atoms with van der Waals surface area (Å²) in [6.45, 7) is 3.25. The molecule has 0 radical (unpaired) electrons. The molecule has 4 fully saturated rings. The number of nitrogens with zero attached hydrogens (tertiary/aromatic N) is 2. The van der Waals surface area contributed by atoms with Crippen LogP contribution in [0.15, 0.2) is 12.1 Å². The summed E-state index contributed by atoms with van der Waals surface area (Å²) in [5, 5.41) is 22.4. The molecule has 114 valence electrons. The zero-order chi connectivity index (χ0) is 14.6. The lowest BCUT2D eigenvalue weighted by Gasteiger charge is -2.58. The number of carbonyl (C=O) groups is 1. The van der Waals surface area contributed by atoms with E-state index in [2.05, 4.69) is 10.2 Å². The monoisotopic (exact) mass is 291 g/mol. The summed E-state index contributed by atoms with van der Waals surface area (Å²) in [6.07, 6.45) is 3.43. The van der Waals surface area contributed by atoms with Crippen molar-refractivity contribution in [2.24, 2.45) is 11.8 Å². The van der Waals surface area contributed by atoms with Gasteiger partial charge in [-0.25, -0.2) is 0 Å². The third-order valence-electron chi connectivity index (χ3n) is 5.23. The van der Waals surface area contributed by atoms with Gasteiger partial charge in [-0.1, -0.05) is 0 Å². The predicted molar refractivity (Wildman–Crippen MR) is 75.9 cm³/mol. The summed E-state index contributed by atoms with van der Waals surface area (Å²) in [6, 6.07) is 2.78. The molecule has 3 saturated heterocycles. The third kappa shape index (κ3) is 2.18. The maximum absolute atomic E-state index is 12.3. The number of carbonyl (C=O) groups excluding carboxylic acids is 1. The van der Waals surface area contributed by atoms with Gasteiger partial charge in [0.1, 0.15) is 6.54 Å². The van der Waals surface area contributed by atoms with Gasteiger partial charge in [-0.3, -0.25) is 9.36 Å². The summed E-state index contributed by atoms with van der Waals surface area (Å²) in [5.41, 5.74) is -0.0977. The number of hydrogen-bond acceptors (Lipinski definition) is 4. The summed E-state index contributed by atoms with van der Waals surface area (Å²) >= 11 is 0. The molecular weight excluding hydrogens is 270 g/mol. The van der Waals surface area contributed by atoms with E-state index in [1.807, 2.05) is 0 Å². The first-order valence-corrected chi connectivity index (χ1v) is 7.64. The van der Waals surface area contributed by atoms with Crippen molar-refractivity contribution in [2.45, 2.75) is 31.3 Å². The average molecular weight is 291 g/mol. The Labute approximate surface area is 123 Å². The van der Waals surface area contributed by atoms with Gasteiger partial charge in [-0.2, -0.15) is 0 Å². The molecule has 1 aromatic rings. The van der Waals surface area contributed by atoms with Gasteiger partial charge < -0.3 is 20.4 Å². The number of rotatable bonds is 3. The lowest BCUT2D eigenvalue weighted by molar-refractivity contribution is -0.128. The number of hydrogen-bond donors (Lipinski definition) is 3. The van der Waals surface area contributed by atoms with Gasteiger partial charge >= 0.3 is 0 Å². The third-order valence-corrected chi connectivity index (χ3v) is 5.23. The fraction of sp³-hybridized carbons (Fsp3) is 0.667. The topological polar surface area (TPSA) is 77.7 Å². The normalized spacial score (nSPS) is 36.9. The van der Waals surface area contributed by atoms with Crippen molar-refractivity contribution in [2.75, 3.05) is 19.6 Å².